The number of aromatic nitrogens is 4. The van der Waals surface area contributed by atoms with Gasteiger partial charge in [0.25, 0.3) is 5.56 Å². The first-order valence-corrected chi connectivity index (χ1v) is 9.02. The summed E-state index contributed by atoms with van der Waals surface area (Å²) in [5.41, 5.74) is 2.71. The van der Waals surface area contributed by atoms with Gasteiger partial charge in [-0.2, -0.15) is 5.10 Å². The summed E-state index contributed by atoms with van der Waals surface area (Å²) in [6.45, 7) is 1.99. The number of nitrogens with zero attached hydrogens (tertiary/aromatic N) is 3. The van der Waals surface area contributed by atoms with E-state index in [-0.39, 0.29) is 11.4 Å². The van der Waals surface area contributed by atoms with Crippen LogP contribution < -0.4 is 5.56 Å². The first-order valence-electron chi connectivity index (χ1n) is 8.03. The maximum Gasteiger partial charge on any atom is 0.262 e. The summed E-state index contributed by atoms with van der Waals surface area (Å²) in [6, 6.07) is 14.4. The Balaban J connectivity index is 1.72. The number of nitrogens with one attached hydrogen (secondary N) is 1. The van der Waals surface area contributed by atoms with Crippen LogP contribution in [-0.2, 0) is 5.75 Å². The van der Waals surface area contributed by atoms with Crippen molar-refractivity contribution in [1.82, 2.24) is 19.7 Å². The molecular formula is C19H15FN4OS. The van der Waals surface area contributed by atoms with Gasteiger partial charge in [-0.3, -0.25) is 4.79 Å². The average Bonchev–Trinajstić information content (AvgIpc) is 3.06. The van der Waals surface area contributed by atoms with Gasteiger partial charge in [0.15, 0.2) is 10.8 Å². The Labute approximate surface area is 152 Å². The van der Waals surface area contributed by atoms with E-state index >= 15 is 0 Å². The van der Waals surface area contributed by atoms with Crippen molar-refractivity contribution in [2.24, 2.45) is 0 Å². The highest BCUT2D eigenvalue weighted by Gasteiger charge is 2.12. The van der Waals surface area contributed by atoms with E-state index in [4.69, 9.17) is 0 Å². The fourth-order valence-electron chi connectivity index (χ4n) is 2.68. The smallest absolute Gasteiger partial charge is 0.262 e. The lowest BCUT2D eigenvalue weighted by Gasteiger charge is -2.06. The molecule has 4 rings (SSSR count). The number of hydrogen-bond donors (Lipinski definition) is 1. The minimum Gasteiger partial charge on any atom is -0.301 e. The Hall–Kier alpha value is -2.93. The molecule has 0 radical (unpaired) electrons. The van der Waals surface area contributed by atoms with Crippen LogP contribution in [0.25, 0.3) is 16.7 Å². The predicted octanol–water partition coefficient (Wildman–Crippen LogP) is 3.85. The van der Waals surface area contributed by atoms with E-state index in [0.717, 1.165) is 11.3 Å². The second kappa shape index (κ2) is 6.76. The monoisotopic (exact) mass is 366 g/mol. The quantitative estimate of drug-likeness (QED) is 0.440. The predicted molar refractivity (Wildman–Crippen MR) is 100 cm³/mol. The SMILES string of the molecule is Cc1cccc(-n2ncc3c(=O)[nH]c(SCc4ccccc4F)nc32)c1. The number of fused-ring (bicyclic) bond motifs is 1. The fourth-order valence-corrected chi connectivity index (χ4v) is 3.52. The average molecular weight is 366 g/mol. The summed E-state index contributed by atoms with van der Waals surface area (Å²) in [5, 5.41) is 5.15. The normalized spacial score (nSPS) is 11.2. The Morgan fingerprint density at radius 1 is 1.19 bits per heavy atom. The molecule has 0 saturated heterocycles. The third kappa shape index (κ3) is 3.13. The lowest BCUT2D eigenvalue weighted by molar-refractivity contribution is 0.617. The molecule has 0 spiro atoms. The number of hydrogen-bond acceptors (Lipinski definition) is 4. The minimum absolute atomic E-state index is 0.259. The van der Waals surface area contributed by atoms with Crippen LogP contribution in [0.15, 0.2) is 64.7 Å². The highest BCUT2D eigenvalue weighted by atomic mass is 32.2. The largest absolute Gasteiger partial charge is 0.301 e. The second-order valence-electron chi connectivity index (χ2n) is 5.88. The van der Waals surface area contributed by atoms with Gasteiger partial charge < -0.3 is 4.98 Å². The minimum atomic E-state index is -0.270. The summed E-state index contributed by atoms with van der Waals surface area (Å²) in [5.74, 6) is 0.105. The molecule has 130 valence electrons. The van der Waals surface area contributed by atoms with E-state index in [0.29, 0.717) is 27.5 Å². The van der Waals surface area contributed by atoms with Crippen molar-refractivity contribution in [1.29, 1.82) is 0 Å². The van der Waals surface area contributed by atoms with Crippen molar-refractivity contribution in [2.45, 2.75) is 17.8 Å². The maximum atomic E-state index is 13.8. The molecule has 0 fully saturated rings. The van der Waals surface area contributed by atoms with Gasteiger partial charge in [0.05, 0.1) is 11.9 Å². The van der Waals surface area contributed by atoms with Gasteiger partial charge in [0.2, 0.25) is 0 Å². The van der Waals surface area contributed by atoms with Gasteiger partial charge in [-0.1, -0.05) is 42.1 Å². The zero-order chi connectivity index (χ0) is 18.1. The Kier molecular flexibility index (Phi) is 4.30. The van der Waals surface area contributed by atoms with Gasteiger partial charge in [0.1, 0.15) is 11.2 Å². The second-order valence-corrected chi connectivity index (χ2v) is 6.85. The molecule has 0 bridgehead atoms. The van der Waals surface area contributed by atoms with Gasteiger partial charge in [0, 0.05) is 5.75 Å². The molecule has 2 heterocycles. The van der Waals surface area contributed by atoms with Crippen LogP contribution in [0.4, 0.5) is 4.39 Å². The Bertz CT molecular complexity index is 1150. The molecule has 0 amide bonds. The van der Waals surface area contributed by atoms with E-state index in [9.17, 15) is 9.18 Å². The van der Waals surface area contributed by atoms with E-state index in [1.54, 1.807) is 22.9 Å². The number of H-pyrrole nitrogens is 1. The van der Waals surface area contributed by atoms with Crippen molar-refractivity contribution in [3.05, 3.63) is 82.0 Å². The summed E-state index contributed by atoms with van der Waals surface area (Å²) in [7, 11) is 0. The molecule has 0 aliphatic heterocycles. The summed E-state index contributed by atoms with van der Waals surface area (Å²) in [6.07, 6.45) is 1.51. The zero-order valence-corrected chi connectivity index (χ0v) is 14.8. The van der Waals surface area contributed by atoms with Crippen LogP contribution in [-0.4, -0.2) is 19.7 Å². The van der Waals surface area contributed by atoms with Crippen LogP contribution in [0.1, 0.15) is 11.1 Å². The van der Waals surface area contributed by atoms with E-state index in [1.807, 2.05) is 31.2 Å². The lowest BCUT2D eigenvalue weighted by atomic mass is 10.2. The van der Waals surface area contributed by atoms with E-state index in [1.165, 1.54) is 24.0 Å². The lowest BCUT2D eigenvalue weighted by Crippen LogP contribution is -2.10. The molecule has 0 unspecified atom stereocenters. The van der Waals surface area contributed by atoms with Crippen molar-refractivity contribution in [3.8, 4) is 5.69 Å². The number of aromatic amines is 1. The van der Waals surface area contributed by atoms with Crippen molar-refractivity contribution >= 4 is 22.8 Å². The summed E-state index contributed by atoms with van der Waals surface area (Å²) in [4.78, 5) is 19.6. The third-order valence-electron chi connectivity index (χ3n) is 3.98. The highest BCUT2D eigenvalue weighted by molar-refractivity contribution is 7.98. The molecule has 2 aromatic heterocycles. The highest BCUT2D eigenvalue weighted by Crippen LogP contribution is 2.22. The Morgan fingerprint density at radius 2 is 2.04 bits per heavy atom. The van der Waals surface area contributed by atoms with Gasteiger partial charge >= 0.3 is 0 Å². The zero-order valence-electron chi connectivity index (χ0n) is 13.9. The van der Waals surface area contributed by atoms with Crippen molar-refractivity contribution in [3.63, 3.8) is 0 Å². The molecule has 4 aromatic rings. The fraction of sp³-hybridized carbons (Fsp3) is 0.105. The van der Waals surface area contributed by atoms with Gasteiger partial charge in [-0.15, -0.1) is 0 Å². The molecular weight excluding hydrogens is 351 g/mol. The van der Waals surface area contributed by atoms with E-state index < -0.39 is 0 Å². The van der Waals surface area contributed by atoms with Gasteiger partial charge in [-0.25, -0.2) is 14.1 Å². The molecule has 2 aromatic carbocycles. The molecule has 1 N–H and O–H groups in total. The van der Waals surface area contributed by atoms with Crippen LogP contribution >= 0.6 is 11.8 Å². The number of thioether (sulfide) groups is 1. The number of benzene rings is 2. The number of aryl methyl sites for hydroxylation is 1. The maximum absolute atomic E-state index is 13.8. The van der Waals surface area contributed by atoms with Crippen molar-refractivity contribution in [2.75, 3.05) is 0 Å². The molecule has 0 aliphatic rings. The molecule has 7 heteroatoms. The topological polar surface area (TPSA) is 63.6 Å². The molecule has 0 saturated carbocycles. The first kappa shape index (κ1) is 16.5. The van der Waals surface area contributed by atoms with Crippen LogP contribution in [0.5, 0.6) is 0 Å². The van der Waals surface area contributed by atoms with Gasteiger partial charge in [-0.05, 0) is 36.2 Å². The van der Waals surface area contributed by atoms with Crippen molar-refractivity contribution < 1.29 is 4.39 Å². The first-order chi connectivity index (χ1) is 12.6. The Morgan fingerprint density at radius 3 is 2.85 bits per heavy atom. The van der Waals surface area contributed by atoms with Crippen LogP contribution in [0.2, 0.25) is 0 Å². The standard InChI is InChI=1S/C19H15FN4OS/c1-12-5-4-7-14(9-12)24-17-15(10-21-24)18(25)23-19(22-17)26-11-13-6-2-3-8-16(13)20/h2-10H,11H2,1H3,(H,22,23,25). The van der Waals surface area contributed by atoms with Crippen LogP contribution in [0, 0.1) is 12.7 Å². The molecule has 5 nitrogen and oxygen atoms in total. The summed E-state index contributed by atoms with van der Waals surface area (Å²) >= 11 is 1.28. The molecule has 0 aliphatic carbocycles. The number of rotatable bonds is 4. The third-order valence-corrected chi connectivity index (χ3v) is 4.91. The number of halogens is 1. The molecule has 26 heavy (non-hydrogen) atoms. The van der Waals surface area contributed by atoms with E-state index in [2.05, 4.69) is 15.1 Å². The molecule has 0 atom stereocenters. The summed E-state index contributed by atoms with van der Waals surface area (Å²) < 4.78 is 15.4. The van der Waals surface area contributed by atoms with Crippen LogP contribution in [0.3, 0.4) is 0 Å².